The molecule has 2 aliphatic heterocycles. The van der Waals surface area contributed by atoms with Crippen LogP contribution in [0, 0.1) is 19.8 Å². The van der Waals surface area contributed by atoms with E-state index in [0.717, 1.165) is 16.8 Å². The average molecular weight is 438 g/mol. The van der Waals surface area contributed by atoms with Gasteiger partial charge < -0.3 is 15.0 Å². The molecule has 2 fully saturated rings. The number of rotatable bonds is 6. The summed E-state index contributed by atoms with van der Waals surface area (Å²) in [6, 6.07) is 5.80. The molecule has 0 saturated carbocycles. The Kier molecular flexibility index (Phi) is 6.84. The number of benzene rings is 1. The number of sulfonamides is 1. The quantitative estimate of drug-likeness (QED) is 0.675. The van der Waals surface area contributed by atoms with Crippen LogP contribution in [0.5, 0.6) is 0 Å². The second-order valence-corrected chi connectivity index (χ2v) is 10.4. The Morgan fingerprint density at radius 1 is 1.17 bits per heavy atom. The first-order valence-electron chi connectivity index (χ1n) is 10.4. The maximum Gasteiger partial charge on any atom is 0.239 e. The monoisotopic (exact) mass is 437 g/mol. The first kappa shape index (κ1) is 22.7. The van der Waals surface area contributed by atoms with Crippen LogP contribution in [0.2, 0.25) is 0 Å². The minimum atomic E-state index is -3.50. The van der Waals surface area contributed by atoms with E-state index in [1.165, 1.54) is 4.31 Å². The summed E-state index contributed by atoms with van der Waals surface area (Å²) in [6.45, 7) is 8.75. The van der Waals surface area contributed by atoms with Crippen LogP contribution in [-0.2, 0) is 24.3 Å². The first-order valence-corrected chi connectivity index (χ1v) is 12.0. The van der Waals surface area contributed by atoms with E-state index in [9.17, 15) is 18.0 Å². The van der Waals surface area contributed by atoms with E-state index < -0.39 is 21.8 Å². The number of carbonyl (C=O) groups excluding carboxylic acids is 2. The number of hydrogen-bond acceptors (Lipinski definition) is 5. The van der Waals surface area contributed by atoms with Crippen molar-refractivity contribution in [2.45, 2.75) is 46.3 Å². The van der Waals surface area contributed by atoms with Crippen LogP contribution in [-0.4, -0.2) is 68.7 Å². The molecule has 2 aliphatic rings. The number of ether oxygens (including phenoxy) is 1. The number of nitrogens with zero attached hydrogens (tertiary/aromatic N) is 2. The van der Waals surface area contributed by atoms with Gasteiger partial charge in [-0.2, -0.15) is 4.31 Å². The van der Waals surface area contributed by atoms with E-state index >= 15 is 0 Å². The van der Waals surface area contributed by atoms with E-state index in [1.807, 2.05) is 45.9 Å². The Morgan fingerprint density at radius 2 is 1.83 bits per heavy atom. The maximum absolute atomic E-state index is 12.7. The number of hydrogen-bond donors (Lipinski definition) is 1. The molecular weight excluding hydrogens is 406 g/mol. The van der Waals surface area contributed by atoms with Crippen LogP contribution in [0.25, 0.3) is 0 Å². The maximum atomic E-state index is 12.7. The second kappa shape index (κ2) is 9.03. The SMILES string of the molecule is Cc1ccc(N2CC[C@H](C(=O)NCCS(=O)(=O)N3C[C@@H](C)O[C@H](C)C3)C2=O)cc1C. The van der Waals surface area contributed by atoms with Crippen molar-refractivity contribution in [2.24, 2.45) is 5.92 Å². The summed E-state index contributed by atoms with van der Waals surface area (Å²) in [5.74, 6) is -1.63. The van der Waals surface area contributed by atoms with Crippen molar-refractivity contribution in [3.05, 3.63) is 29.3 Å². The molecule has 1 N–H and O–H groups in total. The molecular formula is C21H31N3O5S. The predicted octanol–water partition coefficient (Wildman–Crippen LogP) is 1.21. The first-order chi connectivity index (χ1) is 14.1. The highest BCUT2D eigenvalue weighted by Crippen LogP contribution is 2.27. The largest absolute Gasteiger partial charge is 0.373 e. The predicted molar refractivity (Wildman–Crippen MR) is 115 cm³/mol. The lowest BCUT2D eigenvalue weighted by Crippen LogP contribution is -2.50. The summed E-state index contributed by atoms with van der Waals surface area (Å²) in [6.07, 6.45) is 0.0966. The highest BCUT2D eigenvalue weighted by Gasteiger charge is 2.38. The molecule has 0 unspecified atom stereocenters. The Balaban J connectivity index is 1.54. The zero-order valence-corrected chi connectivity index (χ0v) is 18.9. The van der Waals surface area contributed by atoms with E-state index in [-0.39, 0.29) is 30.4 Å². The third-order valence-corrected chi connectivity index (χ3v) is 7.57. The van der Waals surface area contributed by atoms with Gasteiger partial charge in [-0.3, -0.25) is 9.59 Å². The summed E-state index contributed by atoms with van der Waals surface area (Å²) in [5.41, 5.74) is 3.02. The Hall–Kier alpha value is -1.97. The van der Waals surface area contributed by atoms with Gasteiger partial charge in [-0.05, 0) is 57.4 Å². The molecule has 0 radical (unpaired) electrons. The van der Waals surface area contributed by atoms with Crippen molar-refractivity contribution in [2.75, 3.05) is 36.8 Å². The fourth-order valence-corrected chi connectivity index (χ4v) is 5.48. The average Bonchev–Trinajstić information content (AvgIpc) is 3.04. The van der Waals surface area contributed by atoms with Gasteiger partial charge in [0.25, 0.3) is 0 Å². The molecule has 0 aromatic heterocycles. The van der Waals surface area contributed by atoms with Gasteiger partial charge in [0.2, 0.25) is 21.8 Å². The molecule has 2 amide bonds. The van der Waals surface area contributed by atoms with Crippen molar-refractivity contribution in [1.29, 1.82) is 0 Å². The molecule has 3 rings (SSSR count). The van der Waals surface area contributed by atoms with Gasteiger partial charge in [-0.25, -0.2) is 8.42 Å². The van der Waals surface area contributed by atoms with Gasteiger partial charge in [-0.1, -0.05) is 6.07 Å². The van der Waals surface area contributed by atoms with Gasteiger partial charge in [0, 0.05) is 31.9 Å². The molecule has 1 aromatic carbocycles. The van der Waals surface area contributed by atoms with Crippen molar-refractivity contribution >= 4 is 27.5 Å². The van der Waals surface area contributed by atoms with Crippen molar-refractivity contribution in [1.82, 2.24) is 9.62 Å². The third-order valence-electron chi connectivity index (χ3n) is 5.76. The summed E-state index contributed by atoms with van der Waals surface area (Å²) in [5, 5.41) is 2.64. The normalized spacial score (nSPS) is 25.5. The standard InChI is InChI=1S/C21H31N3O5S/c1-14-5-6-18(11-15(14)2)24-9-7-19(21(24)26)20(25)22-8-10-30(27,28)23-12-16(3)29-17(4)13-23/h5-6,11,16-17,19H,7-10,12-13H2,1-4H3,(H,22,25)/t16-,17-,19-/m1/s1. The molecule has 2 saturated heterocycles. The molecule has 0 bridgehead atoms. The summed E-state index contributed by atoms with van der Waals surface area (Å²) in [7, 11) is -3.50. The number of morpholine rings is 1. The van der Waals surface area contributed by atoms with Crippen molar-refractivity contribution in [3.63, 3.8) is 0 Å². The number of anilines is 1. The smallest absolute Gasteiger partial charge is 0.239 e. The van der Waals surface area contributed by atoms with Gasteiger partial charge in [-0.15, -0.1) is 0 Å². The molecule has 8 nitrogen and oxygen atoms in total. The van der Waals surface area contributed by atoms with Crippen molar-refractivity contribution in [3.8, 4) is 0 Å². The molecule has 1 aromatic rings. The highest BCUT2D eigenvalue weighted by molar-refractivity contribution is 7.89. The summed E-state index contributed by atoms with van der Waals surface area (Å²) in [4.78, 5) is 26.9. The lowest BCUT2D eigenvalue weighted by atomic mass is 10.1. The molecule has 166 valence electrons. The summed E-state index contributed by atoms with van der Waals surface area (Å²) < 4.78 is 32.2. The van der Waals surface area contributed by atoms with E-state index in [0.29, 0.717) is 26.1 Å². The lowest BCUT2D eigenvalue weighted by Gasteiger charge is -2.34. The van der Waals surface area contributed by atoms with Gasteiger partial charge in [0.1, 0.15) is 5.92 Å². The number of nitrogens with one attached hydrogen (secondary N) is 1. The van der Waals surface area contributed by atoms with Crippen LogP contribution >= 0.6 is 0 Å². The van der Waals surface area contributed by atoms with Crippen LogP contribution < -0.4 is 10.2 Å². The minimum absolute atomic E-state index is 0.0191. The van der Waals surface area contributed by atoms with Gasteiger partial charge in [0.15, 0.2) is 0 Å². The molecule has 0 aliphatic carbocycles. The highest BCUT2D eigenvalue weighted by atomic mass is 32.2. The second-order valence-electron chi connectivity index (χ2n) is 8.28. The fourth-order valence-electron chi connectivity index (χ4n) is 3.99. The number of aryl methyl sites for hydroxylation is 2. The van der Waals surface area contributed by atoms with E-state index in [1.54, 1.807) is 4.90 Å². The Bertz CT molecular complexity index is 907. The number of amides is 2. The summed E-state index contributed by atoms with van der Waals surface area (Å²) >= 11 is 0. The van der Waals surface area contributed by atoms with Crippen LogP contribution in [0.3, 0.4) is 0 Å². The molecule has 9 heteroatoms. The Labute approximate surface area is 178 Å². The zero-order chi connectivity index (χ0) is 22.1. The molecule has 30 heavy (non-hydrogen) atoms. The third kappa shape index (κ3) is 5.01. The van der Waals surface area contributed by atoms with Crippen LogP contribution in [0.15, 0.2) is 18.2 Å². The minimum Gasteiger partial charge on any atom is -0.373 e. The molecule has 0 spiro atoms. The molecule has 3 atom stereocenters. The number of carbonyl (C=O) groups is 2. The van der Waals surface area contributed by atoms with E-state index in [2.05, 4.69) is 5.32 Å². The van der Waals surface area contributed by atoms with Crippen LogP contribution in [0.4, 0.5) is 5.69 Å². The fraction of sp³-hybridized carbons (Fsp3) is 0.619. The lowest BCUT2D eigenvalue weighted by molar-refractivity contribution is -0.132. The van der Waals surface area contributed by atoms with Crippen molar-refractivity contribution < 1.29 is 22.7 Å². The molecule has 2 heterocycles. The van der Waals surface area contributed by atoms with Crippen LogP contribution in [0.1, 0.15) is 31.4 Å². The topological polar surface area (TPSA) is 96.0 Å². The van der Waals surface area contributed by atoms with Gasteiger partial charge >= 0.3 is 0 Å². The van der Waals surface area contributed by atoms with Gasteiger partial charge in [0.05, 0.1) is 18.0 Å². The zero-order valence-electron chi connectivity index (χ0n) is 18.1. The Morgan fingerprint density at radius 3 is 2.47 bits per heavy atom. The van der Waals surface area contributed by atoms with E-state index in [4.69, 9.17) is 4.74 Å².